The zero-order valence-electron chi connectivity index (χ0n) is 24.3. The summed E-state index contributed by atoms with van der Waals surface area (Å²) in [5.41, 5.74) is 7.96. The standard InChI is InChI=1S/C40H29N3S/c1-44(33-17-9-4-10-18-33)36-20-12-11-19-34(36)35-26-25-32(27-37(35)44)28-21-23-31(24-22-28)40-42-38(29-13-5-2-6-14-29)41-39(43-40)30-15-7-3-8-16-30/h2-27H,1H3. The first-order valence-corrected chi connectivity index (χ1v) is 16.8. The van der Waals surface area contributed by atoms with Crippen LogP contribution in [0.15, 0.2) is 172 Å². The van der Waals surface area contributed by atoms with Crippen molar-refractivity contribution >= 4 is 10.0 Å². The minimum Gasteiger partial charge on any atom is -0.208 e. The zero-order chi connectivity index (χ0) is 29.5. The molecule has 0 bridgehead atoms. The molecular formula is C40H29N3S. The van der Waals surface area contributed by atoms with Gasteiger partial charge in [-0.2, -0.15) is 10.0 Å². The van der Waals surface area contributed by atoms with Gasteiger partial charge in [0.05, 0.1) is 0 Å². The lowest BCUT2D eigenvalue weighted by molar-refractivity contribution is 1.07. The molecule has 4 heteroatoms. The molecule has 1 atom stereocenters. The van der Waals surface area contributed by atoms with Crippen molar-refractivity contribution in [3.8, 4) is 56.4 Å². The third kappa shape index (κ3) is 4.43. The normalized spacial score (nSPS) is 16.5. The number of benzene rings is 6. The van der Waals surface area contributed by atoms with Crippen molar-refractivity contribution in [3.63, 3.8) is 0 Å². The van der Waals surface area contributed by atoms with E-state index in [0.29, 0.717) is 17.5 Å². The summed E-state index contributed by atoms with van der Waals surface area (Å²) in [6.07, 6.45) is 2.44. The Morgan fingerprint density at radius 1 is 0.364 bits per heavy atom. The van der Waals surface area contributed by atoms with Crippen molar-refractivity contribution in [3.05, 3.63) is 158 Å². The van der Waals surface area contributed by atoms with Crippen LogP contribution in [0, 0.1) is 0 Å². The second kappa shape index (κ2) is 10.7. The molecule has 2 heterocycles. The van der Waals surface area contributed by atoms with E-state index in [2.05, 4.69) is 103 Å². The van der Waals surface area contributed by atoms with Crippen molar-refractivity contribution in [1.82, 2.24) is 15.0 Å². The summed E-state index contributed by atoms with van der Waals surface area (Å²) >= 11 is 0. The van der Waals surface area contributed by atoms with Gasteiger partial charge in [0.1, 0.15) is 0 Å². The van der Waals surface area contributed by atoms with Gasteiger partial charge >= 0.3 is 0 Å². The molecule has 0 amide bonds. The lowest BCUT2D eigenvalue weighted by atomic mass is 9.99. The highest BCUT2D eigenvalue weighted by atomic mass is 32.3. The molecular weight excluding hydrogens is 555 g/mol. The Balaban J connectivity index is 1.20. The molecule has 1 aliphatic rings. The number of hydrogen-bond donors (Lipinski definition) is 0. The third-order valence-corrected chi connectivity index (χ3v) is 12.1. The number of hydrogen-bond acceptors (Lipinski definition) is 3. The molecule has 8 rings (SSSR count). The van der Waals surface area contributed by atoms with Gasteiger partial charge in [-0.25, -0.2) is 15.0 Å². The minimum absolute atomic E-state index is 0.662. The van der Waals surface area contributed by atoms with Gasteiger partial charge in [-0.1, -0.05) is 133 Å². The summed E-state index contributed by atoms with van der Waals surface area (Å²) in [6.45, 7) is 0. The van der Waals surface area contributed by atoms with E-state index in [1.54, 1.807) is 0 Å². The van der Waals surface area contributed by atoms with Gasteiger partial charge in [0.15, 0.2) is 17.5 Å². The smallest absolute Gasteiger partial charge is 0.164 e. The molecule has 0 aliphatic carbocycles. The van der Waals surface area contributed by atoms with E-state index in [1.807, 2.05) is 60.7 Å². The average molecular weight is 584 g/mol. The lowest BCUT2D eigenvalue weighted by Crippen LogP contribution is -2.00. The van der Waals surface area contributed by atoms with E-state index in [-0.39, 0.29) is 0 Å². The molecule has 44 heavy (non-hydrogen) atoms. The molecule has 7 aromatic rings. The molecule has 0 fully saturated rings. The highest BCUT2D eigenvalue weighted by Gasteiger charge is 2.36. The highest BCUT2D eigenvalue weighted by Crippen LogP contribution is 2.73. The van der Waals surface area contributed by atoms with Gasteiger partial charge in [-0.3, -0.25) is 0 Å². The average Bonchev–Trinajstić information content (AvgIpc) is 3.37. The highest BCUT2D eigenvalue weighted by molar-refractivity contribution is 8.33. The van der Waals surface area contributed by atoms with Crippen LogP contribution in [-0.4, -0.2) is 21.2 Å². The van der Waals surface area contributed by atoms with Gasteiger partial charge in [0.2, 0.25) is 0 Å². The maximum atomic E-state index is 4.91. The van der Waals surface area contributed by atoms with Gasteiger partial charge in [0.25, 0.3) is 0 Å². The van der Waals surface area contributed by atoms with Crippen LogP contribution in [0.3, 0.4) is 0 Å². The van der Waals surface area contributed by atoms with Crippen LogP contribution >= 0.6 is 10.0 Å². The first-order valence-electron chi connectivity index (χ1n) is 14.7. The second-order valence-corrected chi connectivity index (χ2v) is 14.2. The summed E-state index contributed by atoms with van der Waals surface area (Å²) in [5, 5.41) is 0. The van der Waals surface area contributed by atoms with Crippen LogP contribution in [0.25, 0.3) is 56.4 Å². The Bertz CT molecular complexity index is 2050. The fraction of sp³-hybridized carbons (Fsp3) is 0.0250. The summed E-state index contributed by atoms with van der Waals surface area (Å²) in [6, 6.07) is 55.7. The Morgan fingerprint density at radius 3 is 1.39 bits per heavy atom. The second-order valence-electron chi connectivity index (χ2n) is 11.1. The number of rotatable bonds is 5. The summed E-state index contributed by atoms with van der Waals surface area (Å²) in [7, 11) is -1.37. The van der Waals surface area contributed by atoms with Crippen LogP contribution in [0.5, 0.6) is 0 Å². The number of fused-ring (bicyclic) bond motifs is 3. The Kier molecular flexibility index (Phi) is 6.43. The molecule has 1 aromatic heterocycles. The molecule has 0 saturated heterocycles. The monoisotopic (exact) mass is 583 g/mol. The maximum absolute atomic E-state index is 4.91. The molecule has 0 N–H and O–H groups in total. The minimum atomic E-state index is -1.37. The first-order chi connectivity index (χ1) is 21.7. The Labute approximate surface area is 259 Å². The predicted molar refractivity (Wildman–Crippen MR) is 182 cm³/mol. The van der Waals surface area contributed by atoms with E-state index < -0.39 is 10.0 Å². The number of aromatic nitrogens is 3. The van der Waals surface area contributed by atoms with E-state index >= 15 is 0 Å². The van der Waals surface area contributed by atoms with E-state index in [4.69, 9.17) is 15.0 Å². The van der Waals surface area contributed by atoms with Gasteiger partial charge in [0, 0.05) is 26.5 Å². The van der Waals surface area contributed by atoms with Crippen LogP contribution in [0.2, 0.25) is 0 Å². The van der Waals surface area contributed by atoms with Crippen molar-refractivity contribution < 1.29 is 0 Å². The molecule has 0 radical (unpaired) electrons. The fourth-order valence-corrected chi connectivity index (χ4v) is 9.52. The molecule has 1 unspecified atom stereocenters. The van der Waals surface area contributed by atoms with Crippen LogP contribution in [0.1, 0.15) is 0 Å². The van der Waals surface area contributed by atoms with Gasteiger partial charge in [-0.05, 0) is 57.7 Å². The molecule has 3 nitrogen and oxygen atoms in total. The first kappa shape index (κ1) is 26.3. The SMILES string of the molecule is CS1(c2ccccc2)c2ccccc2-c2ccc(-c3ccc(-c4nc(-c5ccccc5)nc(-c5ccccc5)n4)cc3)cc21. The number of nitrogens with zero attached hydrogens (tertiary/aromatic N) is 3. The van der Waals surface area contributed by atoms with Crippen molar-refractivity contribution in [2.45, 2.75) is 14.7 Å². The van der Waals surface area contributed by atoms with Gasteiger partial charge < -0.3 is 0 Å². The summed E-state index contributed by atoms with van der Waals surface area (Å²) in [4.78, 5) is 18.9. The van der Waals surface area contributed by atoms with Crippen LogP contribution < -0.4 is 0 Å². The predicted octanol–water partition coefficient (Wildman–Crippen LogP) is 10.4. The molecule has 0 saturated carbocycles. The molecule has 6 aromatic carbocycles. The van der Waals surface area contributed by atoms with Gasteiger partial charge in [-0.15, -0.1) is 0 Å². The Morgan fingerprint density at radius 2 is 0.795 bits per heavy atom. The Hall–Kier alpha value is -5.32. The van der Waals surface area contributed by atoms with Crippen LogP contribution in [0.4, 0.5) is 0 Å². The topological polar surface area (TPSA) is 38.7 Å². The molecule has 210 valence electrons. The molecule has 1 aliphatic heterocycles. The van der Waals surface area contributed by atoms with Crippen molar-refractivity contribution in [2.75, 3.05) is 6.26 Å². The zero-order valence-corrected chi connectivity index (χ0v) is 25.1. The van der Waals surface area contributed by atoms with Crippen molar-refractivity contribution in [1.29, 1.82) is 0 Å². The van der Waals surface area contributed by atoms with E-state index in [0.717, 1.165) is 16.7 Å². The van der Waals surface area contributed by atoms with E-state index in [1.165, 1.54) is 36.9 Å². The maximum Gasteiger partial charge on any atom is 0.164 e. The fourth-order valence-electron chi connectivity index (χ4n) is 6.12. The largest absolute Gasteiger partial charge is 0.208 e. The lowest BCUT2D eigenvalue weighted by Gasteiger charge is -2.34. The third-order valence-electron chi connectivity index (χ3n) is 8.43. The van der Waals surface area contributed by atoms with Crippen LogP contribution in [-0.2, 0) is 0 Å². The molecule has 0 spiro atoms. The summed E-state index contributed by atoms with van der Waals surface area (Å²) in [5.74, 6) is 1.99. The van der Waals surface area contributed by atoms with E-state index in [9.17, 15) is 0 Å². The summed E-state index contributed by atoms with van der Waals surface area (Å²) < 4.78 is 0. The quantitative estimate of drug-likeness (QED) is 0.202. The van der Waals surface area contributed by atoms with Crippen molar-refractivity contribution in [2.24, 2.45) is 0 Å².